The van der Waals surface area contributed by atoms with Gasteiger partial charge in [0.1, 0.15) is 0 Å². The van der Waals surface area contributed by atoms with Crippen LogP contribution in [0, 0.1) is 18.8 Å². The zero-order valence-electron chi connectivity index (χ0n) is 12.0. The van der Waals surface area contributed by atoms with Crippen molar-refractivity contribution in [2.24, 2.45) is 0 Å². The Hall–Kier alpha value is -1.83. The van der Waals surface area contributed by atoms with E-state index in [1.54, 1.807) is 17.0 Å². The van der Waals surface area contributed by atoms with E-state index < -0.39 is 0 Å². The highest BCUT2D eigenvalue weighted by Gasteiger charge is 2.14. The number of aliphatic hydroxyl groups is 2. The second kappa shape index (κ2) is 8.36. The molecule has 20 heavy (non-hydrogen) atoms. The number of aliphatic hydroxyl groups excluding tert-OH is 2. The Kier molecular flexibility index (Phi) is 6.78. The van der Waals surface area contributed by atoms with Gasteiger partial charge in [-0.2, -0.15) is 0 Å². The SMILES string of the molecule is CCN(CCO)C(=O)c1ccc(C)c(C#CCCO)c1. The van der Waals surface area contributed by atoms with Crippen LogP contribution in [0.5, 0.6) is 0 Å². The number of carbonyl (C=O) groups excluding carboxylic acids is 1. The minimum atomic E-state index is -0.105. The van der Waals surface area contributed by atoms with Crippen LogP contribution in [-0.4, -0.2) is 47.3 Å². The predicted octanol–water partition coefficient (Wildman–Crippen LogP) is 1.18. The van der Waals surface area contributed by atoms with E-state index in [2.05, 4.69) is 11.8 Å². The van der Waals surface area contributed by atoms with E-state index in [0.29, 0.717) is 25.1 Å². The lowest BCUT2D eigenvalue weighted by molar-refractivity contribution is 0.0732. The third-order valence-electron chi connectivity index (χ3n) is 2.98. The summed E-state index contributed by atoms with van der Waals surface area (Å²) in [6.45, 7) is 4.68. The quantitative estimate of drug-likeness (QED) is 0.793. The molecule has 1 amide bonds. The van der Waals surface area contributed by atoms with E-state index in [-0.39, 0.29) is 19.1 Å². The zero-order valence-corrected chi connectivity index (χ0v) is 12.0. The number of hydrogen-bond donors (Lipinski definition) is 2. The first kappa shape index (κ1) is 16.2. The Morgan fingerprint density at radius 3 is 2.65 bits per heavy atom. The second-order valence-corrected chi connectivity index (χ2v) is 4.41. The van der Waals surface area contributed by atoms with Crippen molar-refractivity contribution in [2.75, 3.05) is 26.3 Å². The van der Waals surface area contributed by atoms with Crippen molar-refractivity contribution in [3.8, 4) is 11.8 Å². The molecule has 1 rings (SSSR count). The van der Waals surface area contributed by atoms with Crippen LogP contribution in [0.2, 0.25) is 0 Å². The number of amides is 1. The normalized spacial score (nSPS) is 9.80. The first-order valence-corrected chi connectivity index (χ1v) is 6.74. The first-order chi connectivity index (χ1) is 9.63. The largest absolute Gasteiger partial charge is 0.395 e. The minimum absolute atomic E-state index is 0.0325. The highest BCUT2D eigenvalue weighted by Crippen LogP contribution is 2.12. The van der Waals surface area contributed by atoms with Gasteiger partial charge < -0.3 is 15.1 Å². The van der Waals surface area contributed by atoms with E-state index in [0.717, 1.165) is 11.1 Å². The molecule has 4 heteroatoms. The van der Waals surface area contributed by atoms with Crippen molar-refractivity contribution in [3.63, 3.8) is 0 Å². The van der Waals surface area contributed by atoms with Gasteiger partial charge in [-0.1, -0.05) is 17.9 Å². The minimum Gasteiger partial charge on any atom is -0.395 e. The van der Waals surface area contributed by atoms with Crippen LogP contribution >= 0.6 is 0 Å². The van der Waals surface area contributed by atoms with Crippen molar-refractivity contribution in [3.05, 3.63) is 34.9 Å². The fourth-order valence-corrected chi connectivity index (χ4v) is 1.81. The summed E-state index contributed by atoms with van der Waals surface area (Å²) in [5, 5.41) is 17.7. The zero-order chi connectivity index (χ0) is 15.0. The molecule has 0 atom stereocenters. The summed E-state index contributed by atoms with van der Waals surface area (Å²) in [7, 11) is 0. The Morgan fingerprint density at radius 1 is 1.30 bits per heavy atom. The molecular formula is C16H21NO3. The molecule has 108 valence electrons. The van der Waals surface area contributed by atoms with Crippen molar-refractivity contribution in [1.82, 2.24) is 4.90 Å². The van der Waals surface area contributed by atoms with Crippen molar-refractivity contribution in [2.45, 2.75) is 20.3 Å². The molecule has 0 saturated carbocycles. The van der Waals surface area contributed by atoms with Gasteiger partial charge in [-0.3, -0.25) is 4.79 Å². The molecule has 0 aliphatic carbocycles. The smallest absolute Gasteiger partial charge is 0.253 e. The lowest BCUT2D eigenvalue weighted by Crippen LogP contribution is -2.33. The molecule has 0 bridgehead atoms. The number of likely N-dealkylation sites (N-methyl/N-ethyl adjacent to an activating group) is 1. The van der Waals surface area contributed by atoms with Gasteiger partial charge in [-0.15, -0.1) is 0 Å². The molecule has 0 radical (unpaired) electrons. The summed E-state index contributed by atoms with van der Waals surface area (Å²) in [6, 6.07) is 5.40. The third kappa shape index (κ3) is 4.37. The van der Waals surface area contributed by atoms with Crippen LogP contribution in [0.1, 0.15) is 34.8 Å². The van der Waals surface area contributed by atoms with Gasteiger partial charge in [0.15, 0.2) is 0 Å². The van der Waals surface area contributed by atoms with E-state index in [9.17, 15) is 4.79 Å². The van der Waals surface area contributed by atoms with E-state index in [1.165, 1.54) is 0 Å². The molecule has 2 N–H and O–H groups in total. The molecule has 0 heterocycles. The van der Waals surface area contributed by atoms with E-state index in [4.69, 9.17) is 10.2 Å². The van der Waals surface area contributed by atoms with Crippen molar-refractivity contribution in [1.29, 1.82) is 0 Å². The molecule has 0 fully saturated rings. The predicted molar refractivity (Wildman–Crippen MR) is 78.4 cm³/mol. The van der Waals surface area contributed by atoms with Crippen LogP contribution < -0.4 is 0 Å². The second-order valence-electron chi connectivity index (χ2n) is 4.41. The molecule has 1 aromatic rings. The Balaban J connectivity index is 3.00. The summed E-state index contributed by atoms with van der Waals surface area (Å²) >= 11 is 0. The maximum atomic E-state index is 12.3. The van der Waals surface area contributed by atoms with E-state index >= 15 is 0 Å². The standard InChI is InChI=1S/C16H21NO3/c1-3-17(9-11-19)16(20)15-8-7-13(2)14(12-15)6-4-5-10-18/h7-8,12,18-19H,3,5,9-11H2,1-2H3. The topological polar surface area (TPSA) is 60.8 Å². The number of nitrogens with zero attached hydrogens (tertiary/aromatic N) is 1. The fourth-order valence-electron chi connectivity index (χ4n) is 1.81. The first-order valence-electron chi connectivity index (χ1n) is 6.74. The molecule has 0 saturated heterocycles. The average Bonchev–Trinajstić information content (AvgIpc) is 2.46. The number of carbonyl (C=O) groups is 1. The summed E-state index contributed by atoms with van der Waals surface area (Å²) in [6.07, 6.45) is 0.420. The molecule has 0 aliphatic heterocycles. The lowest BCUT2D eigenvalue weighted by atomic mass is 10.0. The molecule has 0 aliphatic rings. The number of benzene rings is 1. The van der Waals surface area contributed by atoms with Crippen molar-refractivity contribution < 1.29 is 15.0 Å². The average molecular weight is 275 g/mol. The van der Waals surface area contributed by atoms with Crippen LogP contribution in [0.4, 0.5) is 0 Å². The number of hydrogen-bond acceptors (Lipinski definition) is 3. The molecule has 4 nitrogen and oxygen atoms in total. The van der Waals surface area contributed by atoms with Gasteiger partial charge in [0.25, 0.3) is 5.91 Å². The summed E-state index contributed by atoms with van der Waals surface area (Å²) < 4.78 is 0. The Morgan fingerprint density at radius 2 is 2.05 bits per heavy atom. The van der Waals surface area contributed by atoms with Crippen molar-refractivity contribution >= 4 is 5.91 Å². The highest BCUT2D eigenvalue weighted by atomic mass is 16.3. The van der Waals surface area contributed by atoms with Gasteiger partial charge in [-0.05, 0) is 31.5 Å². The summed E-state index contributed by atoms with van der Waals surface area (Å²) in [4.78, 5) is 13.9. The van der Waals surface area contributed by atoms with Crippen LogP contribution in [0.15, 0.2) is 18.2 Å². The summed E-state index contributed by atoms with van der Waals surface area (Å²) in [5.74, 6) is 5.72. The van der Waals surface area contributed by atoms with Gasteiger partial charge in [0.2, 0.25) is 0 Å². The fraction of sp³-hybridized carbons (Fsp3) is 0.438. The van der Waals surface area contributed by atoms with Crippen LogP contribution in [0.3, 0.4) is 0 Å². The monoisotopic (exact) mass is 275 g/mol. The molecule has 0 unspecified atom stereocenters. The number of rotatable bonds is 5. The molecular weight excluding hydrogens is 254 g/mol. The van der Waals surface area contributed by atoms with Gasteiger partial charge >= 0.3 is 0 Å². The lowest BCUT2D eigenvalue weighted by Gasteiger charge is -2.20. The Bertz CT molecular complexity index is 514. The van der Waals surface area contributed by atoms with E-state index in [1.807, 2.05) is 19.9 Å². The van der Waals surface area contributed by atoms with Gasteiger partial charge in [0.05, 0.1) is 13.2 Å². The number of aryl methyl sites for hydroxylation is 1. The van der Waals surface area contributed by atoms with Crippen LogP contribution in [0.25, 0.3) is 0 Å². The molecule has 1 aromatic carbocycles. The van der Waals surface area contributed by atoms with Crippen LogP contribution in [-0.2, 0) is 0 Å². The molecule has 0 aromatic heterocycles. The maximum Gasteiger partial charge on any atom is 0.253 e. The highest BCUT2D eigenvalue weighted by molar-refractivity contribution is 5.94. The summed E-state index contributed by atoms with van der Waals surface area (Å²) in [5.41, 5.74) is 2.36. The van der Waals surface area contributed by atoms with Gasteiger partial charge in [-0.25, -0.2) is 0 Å². The third-order valence-corrected chi connectivity index (χ3v) is 2.98. The van der Waals surface area contributed by atoms with Gasteiger partial charge in [0, 0.05) is 30.6 Å². The maximum absolute atomic E-state index is 12.3. The molecule has 0 spiro atoms. The Labute approximate surface area is 120 Å².